The number of carbonyl (C=O) groups is 2. The Morgan fingerprint density at radius 1 is 0.844 bits per heavy atom. The highest BCUT2D eigenvalue weighted by Crippen LogP contribution is 2.29. The van der Waals surface area contributed by atoms with E-state index >= 15 is 0 Å². The van der Waals surface area contributed by atoms with E-state index in [4.69, 9.17) is 9.84 Å². The zero-order valence-corrected chi connectivity index (χ0v) is 27.0. The molecule has 0 unspecified atom stereocenters. The lowest BCUT2D eigenvalue weighted by Crippen LogP contribution is -2.07. The summed E-state index contributed by atoms with van der Waals surface area (Å²) >= 11 is 0. The number of nitro groups is 1. The van der Waals surface area contributed by atoms with E-state index in [1.165, 1.54) is 95.2 Å². The molecule has 0 heterocycles. The van der Waals surface area contributed by atoms with Gasteiger partial charge in [0.1, 0.15) is 0 Å². The van der Waals surface area contributed by atoms with E-state index in [1.807, 2.05) is 24.3 Å². The van der Waals surface area contributed by atoms with Gasteiger partial charge < -0.3 is 15.2 Å². The number of aliphatic carboxylic acids is 1. The first-order chi connectivity index (χ1) is 21.9. The third kappa shape index (κ3) is 17.3. The maximum atomic E-state index is 12.5. The Kier molecular flexibility index (Phi) is 19.6. The molecule has 0 saturated carbocycles. The number of benzene rings is 2. The first kappa shape index (κ1) is 37.4. The number of hydrogen-bond donors (Lipinski definition) is 2. The van der Waals surface area contributed by atoms with Gasteiger partial charge in [0.15, 0.2) is 5.69 Å². The Balaban J connectivity index is 1.61. The number of azo groups is 1. The lowest BCUT2D eigenvalue weighted by atomic mass is 10.0. The first-order valence-corrected chi connectivity index (χ1v) is 16.8. The highest BCUT2D eigenvalue weighted by atomic mass is 16.6. The summed E-state index contributed by atoms with van der Waals surface area (Å²) in [6.07, 6.45) is 19.5. The molecule has 0 amide bonds. The van der Waals surface area contributed by atoms with Gasteiger partial charge in [0, 0.05) is 18.3 Å². The molecular weight excluding hydrogens is 572 g/mol. The molecule has 45 heavy (non-hydrogen) atoms. The Hall–Kier alpha value is -3.82. The Bertz CT molecular complexity index is 1170. The average Bonchev–Trinajstić information content (AvgIpc) is 3.03. The van der Waals surface area contributed by atoms with Crippen LogP contribution in [0.25, 0.3) is 0 Å². The molecule has 0 aliphatic heterocycles. The topological polar surface area (TPSA) is 143 Å². The van der Waals surface area contributed by atoms with Gasteiger partial charge in [-0.3, -0.25) is 14.9 Å². The molecule has 10 heteroatoms. The minimum absolute atomic E-state index is 0.0377. The number of esters is 1. The second kappa shape index (κ2) is 23.5. The third-order valence-corrected chi connectivity index (χ3v) is 7.69. The molecule has 0 spiro atoms. The van der Waals surface area contributed by atoms with Crippen LogP contribution < -0.4 is 5.32 Å². The number of hydrogen-bond acceptors (Lipinski definition) is 8. The Labute approximate surface area is 268 Å². The SMILES string of the molecule is CCCCCCCCCCCCCCCCCOC(=O)c1ccc(N=NCCc2ccc(NCCC(=O)O)cc2)c([N+](=O)[O-])c1. The molecule has 0 atom stereocenters. The molecule has 0 aliphatic carbocycles. The molecule has 2 aromatic carbocycles. The maximum absolute atomic E-state index is 12.5. The highest BCUT2D eigenvalue weighted by Gasteiger charge is 2.18. The number of carboxylic acid groups (broad SMARTS) is 1. The van der Waals surface area contributed by atoms with Crippen LogP contribution in [0.3, 0.4) is 0 Å². The Morgan fingerprint density at radius 2 is 1.42 bits per heavy atom. The van der Waals surface area contributed by atoms with Crippen LogP contribution in [0.1, 0.15) is 126 Å². The lowest BCUT2D eigenvalue weighted by Gasteiger charge is -2.06. The molecule has 10 nitrogen and oxygen atoms in total. The van der Waals surface area contributed by atoms with Crippen LogP contribution in [-0.2, 0) is 16.0 Å². The van der Waals surface area contributed by atoms with Crippen LogP contribution in [-0.4, -0.2) is 41.7 Å². The fourth-order valence-corrected chi connectivity index (χ4v) is 5.01. The third-order valence-electron chi connectivity index (χ3n) is 7.69. The first-order valence-electron chi connectivity index (χ1n) is 16.8. The maximum Gasteiger partial charge on any atom is 0.338 e. The minimum Gasteiger partial charge on any atom is -0.481 e. The zero-order valence-electron chi connectivity index (χ0n) is 27.0. The number of nitro benzene ring substituents is 1. The monoisotopic (exact) mass is 624 g/mol. The smallest absolute Gasteiger partial charge is 0.338 e. The predicted octanol–water partition coefficient (Wildman–Crippen LogP) is 9.84. The van der Waals surface area contributed by atoms with Crippen molar-refractivity contribution in [2.24, 2.45) is 10.2 Å². The number of anilines is 1. The molecular formula is C35H52N4O6. The van der Waals surface area contributed by atoms with Crippen molar-refractivity contribution < 1.29 is 24.4 Å². The number of rotatable bonds is 26. The zero-order chi connectivity index (χ0) is 32.5. The van der Waals surface area contributed by atoms with Crippen molar-refractivity contribution in [1.82, 2.24) is 0 Å². The van der Waals surface area contributed by atoms with Gasteiger partial charge in [0.2, 0.25) is 0 Å². The number of nitrogens with zero attached hydrogens (tertiary/aromatic N) is 3. The van der Waals surface area contributed by atoms with E-state index in [-0.39, 0.29) is 23.4 Å². The number of carboxylic acids is 1. The molecule has 0 aromatic heterocycles. The number of ether oxygens (including phenoxy) is 1. The van der Waals surface area contributed by atoms with Crippen molar-refractivity contribution in [1.29, 1.82) is 0 Å². The summed E-state index contributed by atoms with van der Waals surface area (Å²) in [7, 11) is 0. The fourth-order valence-electron chi connectivity index (χ4n) is 5.01. The van der Waals surface area contributed by atoms with Crippen molar-refractivity contribution in [2.75, 3.05) is 25.0 Å². The van der Waals surface area contributed by atoms with E-state index < -0.39 is 16.9 Å². The van der Waals surface area contributed by atoms with Crippen LogP contribution in [0.15, 0.2) is 52.7 Å². The molecule has 0 saturated heterocycles. The van der Waals surface area contributed by atoms with E-state index in [1.54, 1.807) is 0 Å². The molecule has 0 radical (unpaired) electrons. The van der Waals surface area contributed by atoms with E-state index in [9.17, 15) is 19.7 Å². The summed E-state index contributed by atoms with van der Waals surface area (Å²) in [5, 5.41) is 31.5. The van der Waals surface area contributed by atoms with Crippen molar-refractivity contribution in [3.63, 3.8) is 0 Å². The van der Waals surface area contributed by atoms with Crippen LogP contribution >= 0.6 is 0 Å². The lowest BCUT2D eigenvalue weighted by molar-refractivity contribution is -0.384. The number of carbonyl (C=O) groups excluding carboxylic acids is 1. The van der Waals surface area contributed by atoms with Gasteiger partial charge in [-0.05, 0) is 42.7 Å². The van der Waals surface area contributed by atoms with Crippen LogP contribution in [0.4, 0.5) is 17.1 Å². The van der Waals surface area contributed by atoms with Crippen LogP contribution in [0.2, 0.25) is 0 Å². The van der Waals surface area contributed by atoms with Crippen LogP contribution in [0, 0.1) is 10.1 Å². The summed E-state index contributed by atoms with van der Waals surface area (Å²) in [6, 6.07) is 11.6. The van der Waals surface area contributed by atoms with Gasteiger partial charge in [-0.25, -0.2) is 4.79 Å². The van der Waals surface area contributed by atoms with Gasteiger partial charge in [0.05, 0.1) is 30.1 Å². The number of nitrogens with one attached hydrogen (secondary N) is 1. The van der Waals surface area contributed by atoms with Gasteiger partial charge in [-0.15, -0.1) is 5.11 Å². The van der Waals surface area contributed by atoms with E-state index in [2.05, 4.69) is 22.5 Å². The largest absolute Gasteiger partial charge is 0.481 e. The standard InChI is InChI=1S/C35H52N4O6/c1-2-3-4-5-6-7-8-9-10-11-12-13-14-15-16-27-45-35(42)30-19-22-32(33(28-30)39(43)44)38-37-26-23-29-17-20-31(21-18-29)36-25-24-34(40)41/h17-22,28,36H,2-16,23-27H2,1H3,(H,40,41). The normalized spacial score (nSPS) is 11.1. The van der Waals surface area contributed by atoms with Crippen molar-refractivity contribution in [3.8, 4) is 0 Å². The molecule has 2 N–H and O–H groups in total. The molecule has 2 rings (SSSR count). The summed E-state index contributed by atoms with van der Waals surface area (Å²) in [6.45, 7) is 3.22. The summed E-state index contributed by atoms with van der Waals surface area (Å²) in [5.74, 6) is -1.43. The van der Waals surface area contributed by atoms with Gasteiger partial charge in [0.25, 0.3) is 5.69 Å². The minimum atomic E-state index is -0.857. The number of unbranched alkanes of at least 4 members (excludes halogenated alkanes) is 14. The molecule has 248 valence electrons. The highest BCUT2D eigenvalue weighted by molar-refractivity contribution is 5.91. The molecule has 0 fully saturated rings. The second-order valence-electron chi connectivity index (χ2n) is 11.5. The van der Waals surface area contributed by atoms with Crippen molar-refractivity contribution in [3.05, 3.63) is 63.7 Å². The fraction of sp³-hybridized carbons (Fsp3) is 0.600. The Morgan fingerprint density at radius 3 is 1.98 bits per heavy atom. The predicted molar refractivity (Wildman–Crippen MR) is 179 cm³/mol. The van der Waals surface area contributed by atoms with Gasteiger partial charge in [-0.1, -0.05) is 109 Å². The molecule has 2 aromatic rings. The summed E-state index contributed by atoms with van der Waals surface area (Å²) in [5.41, 5.74) is 1.73. The van der Waals surface area contributed by atoms with Crippen LogP contribution in [0.5, 0.6) is 0 Å². The van der Waals surface area contributed by atoms with Crippen molar-refractivity contribution >= 4 is 29.0 Å². The van der Waals surface area contributed by atoms with E-state index in [0.717, 1.165) is 30.5 Å². The average molecular weight is 625 g/mol. The quantitative estimate of drug-likeness (QED) is 0.0348. The van der Waals surface area contributed by atoms with Crippen molar-refractivity contribution in [2.45, 2.75) is 116 Å². The summed E-state index contributed by atoms with van der Waals surface area (Å²) in [4.78, 5) is 34.1. The summed E-state index contributed by atoms with van der Waals surface area (Å²) < 4.78 is 5.36. The van der Waals surface area contributed by atoms with Gasteiger partial charge in [-0.2, -0.15) is 5.11 Å². The second-order valence-corrected chi connectivity index (χ2v) is 11.5. The van der Waals surface area contributed by atoms with E-state index in [0.29, 0.717) is 26.1 Å². The molecule has 0 bridgehead atoms. The van der Waals surface area contributed by atoms with Gasteiger partial charge >= 0.3 is 11.9 Å². The molecule has 0 aliphatic rings.